The minimum atomic E-state index is -0.850. The molecular formula is C12H14BrClN2O2. The molecule has 6 heteroatoms. The first kappa shape index (κ1) is 13.8. The number of benzene rings is 1. The minimum absolute atomic E-state index is 0.186. The van der Waals surface area contributed by atoms with Crippen LogP contribution >= 0.6 is 27.5 Å². The predicted molar refractivity (Wildman–Crippen MR) is 74.8 cm³/mol. The van der Waals surface area contributed by atoms with Gasteiger partial charge in [0.15, 0.2) is 0 Å². The molecule has 18 heavy (non-hydrogen) atoms. The number of carbonyl (C=O) groups is 1. The molecule has 1 amide bonds. The summed E-state index contributed by atoms with van der Waals surface area (Å²) in [6.45, 7) is 1.04. The number of ether oxygens (including phenoxy) is 1. The topological polar surface area (TPSA) is 64.4 Å². The highest BCUT2D eigenvalue weighted by Crippen LogP contribution is 2.27. The van der Waals surface area contributed by atoms with Gasteiger partial charge in [0.25, 0.3) is 0 Å². The molecule has 1 aromatic rings. The maximum Gasteiger partial charge on any atom is 0.244 e. The minimum Gasteiger partial charge on any atom is -0.381 e. The Kier molecular flexibility index (Phi) is 4.27. The Morgan fingerprint density at radius 1 is 1.44 bits per heavy atom. The van der Waals surface area contributed by atoms with Gasteiger partial charge in [0.05, 0.1) is 5.69 Å². The molecular weight excluding hydrogens is 320 g/mol. The third-order valence-electron chi connectivity index (χ3n) is 3.02. The summed E-state index contributed by atoms with van der Waals surface area (Å²) >= 11 is 9.20. The smallest absolute Gasteiger partial charge is 0.244 e. The maximum absolute atomic E-state index is 12.2. The first-order valence-electron chi connectivity index (χ1n) is 5.64. The lowest BCUT2D eigenvalue weighted by molar-refractivity contribution is -0.124. The average molecular weight is 334 g/mol. The summed E-state index contributed by atoms with van der Waals surface area (Å²) in [5.41, 5.74) is 5.91. The molecule has 1 aliphatic rings. The molecule has 4 nitrogen and oxygen atoms in total. The van der Waals surface area contributed by atoms with Crippen LogP contribution < -0.4 is 11.1 Å². The lowest BCUT2D eigenvalue weighted by Gasteiger charge is -2.31. The Morgan fingerprint density at radius 2 is 2.11 bits per heavy atom. The second-order valence-corrected chi connectivity index (χ2v) is 5.64. The van der Waals surface area contributed by atoms with E-state index in [1.165, 1.54) is 0 Å². The second-order valence-electron chi connectivity index (χ2n) is 4.35. The number of amides is 1. The van der Waals surface area contributed by atoms with Gasteiger partial charge in [-0.2, -0.15) is 0 Å². The number of nitrogens with one attached hydrogen (secondary N) is 1. The van der Waals surface area contributed by atoms with Crippen molar-refractivity contribution in [1.29, 1.82) is 0 Å². The van der Waals surface area contributed by atoms with Gasteiger partial charge in [-0.1, -0.05) is 11.6 Å². The van der Waals surface area contributed by atoms with E-state index in [4.69, 9.17) is 22.1 Å². The molecule has 1 saturated heterocycles. The van der Waals surface area contributed by atoms with Crippen LogP contribution in [0.25, 0.3) is 0 Å². The zero-order chi connectivity index (χ0) is 13.2. The maximum atomic E-state index is 12.2. The van der Waals surface area contributed by atoms with E-state index in [9.17, 15) is 4.79 Å². The standard InChI is InChI=1S/C12H14BrClN2O2/c13-9-7-8(14)1-2-10(9)16-11(17)12(15)3-5-18-6-4-12/h1-2,7H,3-6,15H2,(H,16,17). The highest BCUT2D eigenvalue weighted by molar-refractivity contribution is 9.10. The van der Waals surface area contributed by atoms with E-state index >= 15 is 0 Å². The van der Waals surface area contributed by atoms with Crippen molar-refractivity contribution in [2.45, 2.75) is 18.4 Å². The summed E-state index contributed by atoms with van der Waals surface area (Å²) in [5.74, 6) is -0.186. The normalized spacial score (nSPS) is 18.4. The lowest BCUT2D eigenvalue weighted by Crippen LogP contribution is -2.54. The van der Waals surface area contributed by atoms with Crippen molar-refractivity contribution in [3.05, 3.63) is 27.7 Å². The number of hydrogen-bond acceptors (Lipinski definition) is 3. The van der Waals surface area contributed by atoms with Crippen LogP contribution in [0.2, 0.25) is 5.02 Å². The van der Waals surface area contributed by atoms with E-state index in [0.717, 1.165) is 4.47 Å². The molecule has 98 valence electrons. The second kappa shape index (κ2) is 5.57. The fraction of sp³-hybridized carbons (Fsp3) is 0.417. The first-order chi connectivity index (χ1) is 8.51. The lowest BCUT2D eigenvalue weighted by atomic mass is 9.90. The molecule has 2 rings (SSSR count). The average Bonchev–Trinajstić information content (AvgIpc) is 2.33. The summed E-state index contributed by atoms with van der Waals surface area (Å²) < 4.78 is 5.95. The number of carbonyl (C=O) groups excluding carboxylic acids is 1. The van der Waals surface area contributed by atoms with Gasteiger partial charge in [-0.3, -0.25) is 4.79 Å². The molecule has 3 N–H and O–H groups in total. The van der Waals surface area contributed by atoms with Crippen LogP contribution in [-0.4, -0.2) is 24.7 Å². The van der Waals surface area contributed by atoms with Crippen LogP contribution in [0.3, 0.4) is 0 Å². The van der Waals surface area contributed by atoms with Crippen molar-refractivity contribution >= 4 is 39.1 Å². The van der Waals surface area contributed by atoms with Crippen LogP contribution in [0.5, 0.6) is 0 Å². The van der Waals surface area contributed by atoms with Crippen LogP contribution in [-0.2, 0) is 9.53 Å². The number of anilines is 1. The van der Waals surface area contributed by atoms with E-state index in [1.54, 1.807) is 18.2 Å². The van der Waals surface area contributed by atoms with Crippen LogP contribution in [0.1, 0.15) is 12.8 Å². The number of nitrogens with two attached hydrogens (primary N) is 1. The fourth-order valence-electron chi connectivity index (χ4n) is 1.80. The Bertz CT molecular complexity index is 461. The molecule has 0 spiro atoms. The van der Waals surface area contributed by atoms with Crippen molar-refractivity contribution in [3.8, 4) is 0 Å². The number of hydrogen-bond donors (Lipinski definition) is 2. The van der Waals surface area contributed by atoms with Crippen molar-refractivity contribution in [3.63, 3.8) is 0 Å². The predicted octanol–water partition coefficient (Wildman–Crippen LogP) is 2.55. The van der Waals surface area contributed by atoms with Crippen molar-refractivity contribution < 1.29 is 9.53 Å². The number of halogens is 2. The first-order valence-corrected chi connectivity index (χ1v) is 6.81. The van der Waals surface area contributed by atoms with E-state index in [1.807, 2.05) is 0 Å². The van der Waals surface area contributed by atoms with E-state index in [-0.39, 0.29) is 5.91 Å². The quantitative estimate of drug-likeness (QED) is 0.874. The molecule has 1 aliphatic heterocycles. The van der Waals surface area contributed by atoms with Crippen LogP contribution in [0.15, 0.2) is 22.7 Å². The Labute approximate surface area is 119 Å². The summed E-state index contributed by atoms with van der Waals surface area (Å²) in [7, 11) is 0. The van der Waals surface area contributed by atoms with Gasteiger partial charge in [-0.15, -0.1) is 0 Å². The third kappa shape index (κ3) is 3.03. The van der Waals surface area contributed by atoms with Gasteiger partial charge in [0.2, 0.25) is 5.91 Å². The van der Waals surface area contributed by atoms with Crippen molar-refractivity contribution in [2.24, 2.45) is 5.73 Å². The van der Waals surface area contributed by atoms with Gasteiger partial charge in [0, 0.05) is 22.7 Å². The summed E-state index contributed by atoms with van der Waals surface area (Å²) in [6.07, 6.45) is 1.06. The van der Waals surface area contributed by atoms with Gasteiger partial charge >= 0.3 is 0 Å². The SMILES string of the molecule is NC1(C(=O)Nc2ccc(Cl)cc2Br)CCOCC1. The largest absolute Gasteiger partial charge is 0.381 e. The summed E-state index contributed by atoms with van der Waals surface area (Å²) in [5, 5.41) is 3.43. The fourth-order valence-corrected chi connectivity index (χ4v) is 2.58. The Hall–Kier alpha value is -0.620. The van der Waals surface area contributed by atoms with Gasteiger partial charge < -0.3 is 15.8 Å². The number of rotatable bonds is 2. The van der Waals surface area contributed by atoms with E-state index < -0.39 is 5.54 Å². The molecule has 0 saturated carbocycles. The molecule has 0 bridgehead atoms. The Balaban J connectivity index is 2.11. The zero-order valence-electron chi connectivity index (χ0n) is 9.71. The van der Waals surface area contributed by atoms with Crippen LogP contribution in [0, 0.1) is 0 Å². The van der Waals surface area contributed by atoms with E-state index in [0.29, 0.717) is 36.8 Å². The van der Waals surface area contributed by atoms with Crippen molar-refractivity contribution in [1.82, 2.24) is 0 Å². The Morgan fingerprint density at radius 3 is 2.72 bits per heavy atom. The van der Waals surface area contributed by atoms with E-state index in [2.05, 4.69) is 21.2 Å². The molecule has 0 unspecified atom stereocenters. The summed E-state index contributed by atoms with van der Waals surface area (Å²) in [6, 6.07) is 5.19. The van der Waals surface area contributed by atoms with Gasteiger partial charge in [-0.05, 0) is 47.0 Å². The zero-order valence-corrected chi connectivity index (χ0v) is 12.1. The van der Waals surface area contributed by atoms with Crippen LogP contribution in [0.4, 0.5) is 5.69 Å². The molecule has 0 aliphatic carbocycles. The molecule has 1 fully saturated rings. The van der Waals surface area contributed by atoms with Gasteiger partial charge in [0.1, 0.15) is 5.54 Å². The molecule has 1 aromatic carbocycles. The highest BCUT2D eigenvalue weighted by Gasteiger charge is 2.36. The molecule has 1 heterocycles. The molecule has 0 radical (unpaired) electrons. The van der Waals surface area contributed by atoms with Crippen molar-refractivity contribution in [2.75, 3.05) is 18.5 Å². The summed E-state index contributed by atoms with van der Waals surface area (Å²) in [4.78, 5) is 12.2. The molecule has 0 aromatic heterocycles. The third-order valence-corrected chi connectivity index (χ3v) is 3.91. The highest BCUT2D eigenvalue weighted by atomic mass is 79.9. The molecule has 0 atom stereocenters. The van der Waals surface area contributed by atoms with Gasteiger partial charge in [-0.25, -0.2) is 0 Å². The monoisotopic (exact) mass is 332 g/mol.